The summed E-state index contributed by atoms with van der Waals surface area (Å²) >= 11 is 0. The fourth-order valence-corrected chi connectivity index (χ4v) is 3.41. The molecule has 0 radical (unpaired) electrons. The van der Waals surface area contributed by atoms with Gasteiger partial charge < -0.3 is 9.84 Å². The Hall–Kier alpha value is -2.04. The molecule has 1 fully saturated rings. The molecule has 2 atom stereocenters. The third-order valence-electron chi connectivity index (χ3n) is 4.50. The van der Waals surface area contributed by atoms with E-state index in [0.717, 1.165) is 6.54 Å². The first-order chi connectivity index (χ1) is 10.8. The van der Waals surface area contributed by atoms with Crippen molar-refractivity contribution in [2.75, 3.05) is 6.61 Å². The van der Waals surface area contributed by atoms with Crippen molar-refractivity contribution in [2.45, 2.75) is 45.1 Å². The highest BCUT2D eigenvalue weighted by Gasteiger charge is 2.29. The molecule has 0 amide bonds. The van der Waals surface area contributed by atoms with E-state index < -0.39 is 0 Å². The number of rotatable bonds is 5. The number of ether oxygens (including phenoxy) is 1. The third kappa shape index (κ3) is 3.24. The Morgan fingerprint density at radius 2 is 2.18 bits per heavy atom. The summed E-state index contributed by atoms with van der Waals surface area (Å²) in [6, 6.07) is 3.75. The summed E-state index contributed by atoms with van der Waals surface area (Å²) in [4.78, 5) is 3.96. The first kappa shape index (κ1) is 14.9. The van der Waals surface area contributed by atoms with Crippen LogP contribution in [-0.2, 0) is 6.54 Å². The Morgan fingerprint density at radius 1 is 1.32 bits per heavy atom. The Balaban J connectivity index is 1.70. The number of hydrogen-bond acceptors (Lipinski definition) is 4. The van der Waals surface area contributed by atoms with Gasteiger partial charge in [0.05, 0.1) is 19.0 Å². The highest BCUT2D eigenvalue weighted by Crippen LogP contribution is 2.38. The van der Waals surface area contributed by atoms with Gasteiger partial charge in [0, 0.05) is 36.3 Å². The normalized spacial score (nSPS) is 21.7. The smallest absolute Gasteiger partial charge is 0.141 e. The maximum absolute atomic E-state index is 9.47. The van der Waals surface area contributed by atoms with Crippen LogP contribution in [0.2, 0.25) is 0 Å². The third-order valence-corrected chi connectivity index (χ3v) is 4.50. The topological polar surface area (TPSA) is 60.2 Å². The number of aromatic hydroxyl groups is 1. The summed E-state index contributed by atoms with van der Waals surface area (Å²) < 4.78 is 7.97. The van der Waals surface area contributed by atoms with Crippen molar-refractivity contribution < 1.29 is 9.84 Å². The van der Waals surface area contributed by atoms with Crippen LogP contribution in [0.5, 0.6) is 11.5 Å². The van der Waals surface area contributed by atoms with Crippen LogP contribution in [0.15, 0.2) is 30.7 Å². The molecular weight excluding hydrogens is 278 g/mol. The molecule has 2 unspecified atom stereocenters. The molecule has 5 heteroatoms. The lowest BCUT2D eigenvalue weighted by molar-refractivity contribution is 0.181. The van der Waals surface area contributed by atoms with E-state index in [1.807, 2.05) is 6.20 Å². The molecule has 0 spiro atoms. The van der Waals surface area contributed by atoms with Gasteiger partial charge in [-0.2, -0.15) is 5.10 Å². The average Bonchev–Trinajstić information content (AvgIpc) is 3.02. The first-order valence-corrected chi connectivity index (χ1v) is 8.06. The van der Waals surface area contributed by atoms with Crippen molar-refractivity contribution in [1.82, 2.24) is 14.8 Å². The lowest BCUT2D eigenvalue weighted by Crippen LogP contribution is -2.26. The molecule has 22 heavy (non-hydrogen) atoms. The lowest BCUT2D eigenvalue weighted by atomic mass is 9.78. The van der Waals surface area contributed by atoms with Crippen molar-refractivity contribution in [2.24, 2.45) is 5.92 Å². The molecule has 1 aliphatic rings. The molecular formula is C17H23N3O2. The van der Waals surface area contributed by atoms with Crippen LogP contribution in [0.3, 0.4) is 0 Å². The van der Waals surface area contributed by atoms with Crippen molar-refractivity contribution in [3.8, 4) is 11.5 Å². The van der Waals surface area contributed by atoms with Crippen LogP contribution in [0.4, 0.5) is 0 Å². The van der Waals surface area contributed by atoms with Gasteiger partial charge in [0.2, 0.25) is 0 Å². The van der Waals surface area contributed by atoms with Gasteiger partial charge in [-0.3, -0.25) is 9.67 Å². The first-order valence-electron chi connectivity index (χ1n) is 8.06. The number of hydrogen-bond donors (Lipinski definition) is 1. The summed E-state index contributed by atoms with van der Waals surface area (Å²) in [7, 11) is 0. The Kier molecular flexibility index (Phi) is 4.61. The molecule has 1 N–H and O–H groups in total. The van der Waals surface area contributed by atoms with Crippen LogP contribution < -0.4 is 4.74 Å². The highest BCUT2D eigenvalue weighted by molar-refractivity contribution is 5.26. The monoisotopic (exact) mass is 301 g/mol. The second-order valence-electron chi connectivity index (χ2n) is 5.91. The summed E-state index contributed by atoms with van der Waals surface area (Å²) in [5, 5.41) is 13.9. The molecule has 2 aromatic rings. The Labute approximate surface area is 131 Å². The van der Waals surface area contributed by atoms with Crippen LogP contribution in [0.1, 0.15) is 44.2 Å². The highest BCUT2D eigenvalue weighted by atomic mass is 16.5. The minimum absolute atomic E-state index is 0.141. The average molecular weight is 301 g/mol. The van der Waals surface area contributed by atoms with E-state index in [9.17, 15) is 5.11 Å². The molecule has 118 valence electrons. The Morgan fingerprint density at radius 3 is 3.00 bits per heavy atom. The van der Waals surface area contributed by atoms with Crippen molar-refractivity contribution in [1.29, 1.82) is 0 Å². The maximum Gasteiger partial charge on any atom is 0.141 e. The molecule has 2 aromatic heterocycles. The molecule has 3 rings (SSSR count). The van der Waals surface area contributed by atoms with E-state index in [2.05, 4.69) is 27.8 Å². The van der Waals surface area contributed by atoms with Crippen LogP contribution >= 0.6 is 0 Å². The van der Waals surface area contributed by atoms with E-state index in [0.29, 0.717) is 24.2 Å². The van der Waals surface area contributed by atoms with E-state index >= 15 is 0 Å². The second-order valence-corrected chi connectivity index (χ2v) is 5.91. The van der Waals surface area contributed by atoms with E-state index in [1.54, 1.807) is 12.3 Å². The maximum atomic E-state index is 9.47. The molecule has 1 saturated carbocycles. The van der Waals surface area contributed by atoms with Crippen molar-refractivity contribution in [3.05, 3.63) is 36.4 Å². The zero-order valence-corrected chi connectivity index (χ0v) is 13.0. The van der Waals surface area contributed by atoms with Gasteiger partial charge >= 0.3 is 0 Å². The molecule has 0 aromatic carbocycles. The fourth-order valence-electron chi connectivity index (χ4n) is 3.41. The lowest BCUT2D eigenvalue weighted by Gasteiger charge is -2.31. The van der Waals surface area contributed by atoms with Crippen LogP contribution in [0.25, 0.3) is 0 Å². The minimum atomic E-state index is 0.141. The number of nitrogens with zero attached hydrogens (tertiary/aromatic N) is 3. The molecule has 1 aliphatic carbocycles. The predicted molar refractivity (Wildman–Crippen MR) is 84.0 cm³/mol. The summed E-state index contributed by atoms with van der Waals surface area (Å²) in [6.07, 6.45) is 9.84. The van der Waals surface area contributed by atoms with E-state index in [4.69, 9.17) is 4.74 Å². The summed E-state index contributed by atoms with van der Waals surface area (Å²) in [6.45, 7) is 3.69. The van der Waals surface area contributed by atoms with E-state index in [-0.39, 0.29) is 5.75 Å². The largest absolute Gasteiger partial charge is 0.506 e. The molecule has 0 aliphatic heterocycles. The zero-order chi connectivity index (χ0) is 15.4. The summed E-state index contributed by atoms with van der Waals surface area (Å²) in [5.74, 6) is 1.76. The van der Waals surface area contributed by atoms with Gasteiger partial charge in [0.1, 0.15) is 11.5 Å². The number of aryl methyl sites for hydroxylation is 1. The quantitative estimate of drug-likeness (QED) is 0.920. The molecule has 0 saturated heterocycles. The standard InChI is InChI=1S/C17H23N3O2/c1-2-20-17(7-8-19-20)16-6-4-3-5-13(16)12-22-15-9-14(21)10-18-11-15/h7-11,13,16,21H,2-6,12H2,1H3. The van der Waals surface area contributed by atoms with Crippen LogP contribution in [-0.4, -0.2) is 26.5 Å². The molecule has 5 nitrogen and oxygen atoms in total. The minimum Gasteiger partial charge on any atom is -0.506 e. The zero-order valence-electron chi connectivity index (χ0n) is 13.0. The van der Waals surface area contributed by atoms with Gasteiger partial charge in [-0.1, -0.05) is 12.8 Å². The summed E-state index contributed by atoms with van der Waals surface area (Å²) in [5.41, 5.74) is 1.32. The number of aromatic nitrogens is 3. The fraction of sp³-hybridized carbons (Fsp3) is 0.529. The predicted octanol–water partition coefficient (Wildman–Crippen LogP) is 3.36. The molecule has 2 heterocycles. The second kappa shape index (κ2) is 6.81. The van der Waals surface area contributed by atoms with E-state index in [1.165, 1.54) is 37.6 Å². The van der Waals surface area contributed by atoms with Gasteiger partial charge in [-0.15, -0.1) is 0 Å². The van der Waals surface area contributed by atoms with Gasteiger partial charge in [0.25, 0.3) is 0 Å². The SMILES string of the molecule is CCn1nccc1C1CCCCC1COc1cncc(O)c1. The van der Waals surface area contributed by atoms with Crippen molar-refractivity contribution in [3.63, 3.8) is 0 Å². The number of pyridine rings is 1. The Bertz CT molecular complexity index is 611. The van der Waals surface area contributed by atoms with Gasteiger partial charge in [0.15, 0.2) is 0 Å². The molecule has 0 bridgehead atoms. The van der Waals surface area contributed by atoms with Gasteiger partial charge in [-0.05, 0) is 25.8 Å². The van der Waals surface area contributed by atoms with Crippen LogP contribution in [0, 0.1) is 5.92 Å². The van der Waals surface area contributed by atoms with Crippen molar-refractivity contribution >= 4 is 0 Å². The van der Waals surface area contributed by atoms with Gasteiger partial charge in [-0.25, -0.2) is 0 Å².